The Labute approximate surface area is 136 Å². The van der Waals surface area contributed by atoms with E-state index < -0.39 is 17.4 Å². The van der Waals surface area contributed by atoms with Crippen LogP contribution in [-0.4, -0.2) is 28.2 Å². The quantitative estimate of drug-likeness (QED) is 0.612. The van der Waals surface area contributed by atoms with E-state index in [0.717, 1.165) is 27.7 Å². The molecule has 110 valence electrons. The van der Waals surface area contributed by atoms with Gasteiger partial charge in [0, 0.05) is 3.57 Å². The second kappa shape index (κ2) is 5.08. The topological polar surface area (TPSA) is 80.5 Å². The van der Waals surface area contributed by atoms with E-state index in [1.165, 1.54) is 0 Å². The van der Waals surface area contributed by atoms with Crippen LogP contribution >= 0.6 is 22.6 Å². The third-order valence-electron chi connectivity index (χ3n) is 4.43. The summed E-state index contributed by atoms with van der Waals surface area (Å²) in [4.78, 5) is 38.6. The van der Waals surface area contributed by atoms with Gasteiger partial charge in [-0.3, -0.25) is 19.3 Å². The van der Waals surface area contributed by atoms with Gasteiger partial charge in [-0.1, -0.05) is 25.3 Å². The molecule has 21 heavy (non-hydrogen) atoms. The summed E-state index contributed by atoms with van der Waals surface area (Å²) in [5.41, 5.74) is 5.20. The van der Waals surface area contributed by atoms with Crippen LogP contribution in [0.5, 0.6) is 0 Å². The summed E-state index contributed by atoms with van der Waals surface area (Å²) in [7, 11) is 0. The summed E-state index contributed by atoms with van der Waals surface area (Å²) >= 11 is 2.04. The Balaban J connectivity index is 2.12. The number of primary amides is 1. The molecule has 1 aromatic carbocycles. The highest BCUT2D eigenvalue weighted by molar-refractivity contribution is 14.1. The Morgan fingerprint density at radius 2 is 1.81 bits per heavy atom. The zero-order valence-corrected chi connectivity index (χ0v) is 13.6. The molecule has 0 aromatic heterocycles. The monoisotopic (exact) mass is 398 g/mol. The smallest absolute Gasteiger partial charge is 0.263 e. The van der Waals surface area contributed by atoms with Crippen LogP contribution in [0.25, 0.3) is 0 Å². The van der Waals surface area contributed by atoms with E-state index in [9.17, 15) is 14.4 Å². The first-order chi connectivity index (χ1) is 9.99. The highest BCUT2D eigenvalue weighted by atomic mass is 127. The molecule has 0 bridgehead atoms. The maximum Gasteiger partial charge on any atom is 0.263 e. The standard InChI is InChI=1S/C15H15IN2O3/c16-10-6-4-5-9-11(10)13(20)18(12(9)19)15(14(17)21)7-2-1-3-8-15/h4-6H,1-3,7-8H2,(H2,17,21). The summed E-state index contributed by atoms with van der Waals surface area (Å²) in [6.45, 7) is 0. The number of imide groups is 1. The zero-order chi connectivity index (χ0) is 15.2. The van der Waals surface area contributed by atoms with Crippen molar-refractivity contribution in [3.63, 3.8) is 0 Å². The van der Waals surface area contributed by atoms with E-state index in [1.807, 2.05) is 22.6 Å². The zero-order valence-electron chi connectivity index (χ0n) is 11.4. The minimum absolute atomic E-state index is 0.373. The van der Waals surface area contributed by atoms with Crippen LogP contribution in [0.1, 0.15) is 52.8 Å². The molecule has 0 spiro atoms. The van der Waals surface area contributed by atoms with Gasteiger partial charge in [0.2, 0.25) is 5.91 Å². The van der Waals surface area contributed by atoms with Gasteiger partial charge in [0.15, 0.2) is 0 Å². The average Bonchev–Trinajstić information content (AvgIpc) is 2.73. The molecule has 1 fully saturated rings. The van der Waals surface area contributed by atoms with Gasteiger partial charge in [-0.2, -0.15) is 0 Å². The molecule has 1 aliphatic heterocycles. The van der Waals surface area contributed by atoms with Crippen molar-refractivity contribution >= 4 is 40.3 Å². The van der Waals surface area contributed by atoms with Crippen LogP contribution < -0.4 is 5.73 Å². The molecule has 5 nitrogen and oxygen atoms in total. The molecule has 1 heterocycles. The van der Waals surface area contributed by atoms with Crippen LogP contribution in [0.15, 0.2) is 18.2 Å². The van der Waals surface area contributed by atoms with Crippen LogP contribution in [0, 0.1) is 3.57 Å². The lowest BCUT2D eigenvalue weighted by atomic mass is 9.79. The maximum absolute atomic E-state index is 12.7. The average molecular weight is 398 g/mol. The number of carbonyl (C=O) groups excluding carboxylic acids is 3. The van der Waals surface area contributed by atoms with E-state index >= 15 is 0 Å². The number of hydrogen-bond donors (Lipinski definition) is 1. The number of halogens is 1. The first kappa shape index (κ1) is 14.5. The minimum Gasteiger partial charge on any atom is -0.368 e. The Morgan fingerprint density at radius 1 is 1.14 bits per heavy atom. The minimum atomic E-state index is -1.16. The van der Waals surface area contributed by atoms with Gasteiger partial charge < -0.3 is 5.73 Å². The van der Waals surface area contributed by atoms with Gasteiger partial charge in [-0.15, -0.1) is 0 Å². The van der Waals surface area contributed by atoms with Crippen molar-refractivity contribution in [1.82, 2.24) is 4.90 Å². The van der Waals surface area contributed by atoms with Crippen LogP contribution in [0.4, 0.5) is 0 Å². The predicted molar refractivity (Wildman–Crippen MR) is 84.7 cm³/mol. The molecule has 1 aromatic rings. The van der Waals surface area contributed by atoms with Gasteiger partial charge in [-0.25, -0.2) is 0 Å². The Kier molecular flexibility index (Phi) is 3.51. The number of benzene rings is 1. The SMILES string of the molecule is NC(=O)C1(N2C(=O)c3cccc(I)c3C2=O)CCCCC1. The fourth-order valence-corrected chi connectivity index (χ4v) is 4.08. The number of nitrogens with two attached hydrogens (primary N) is 1. The lowest BCUT2D eigenvalue weighted by Gasteiger charge is -2.40. The first-order valence-electron chi connectivity index (χ1n) is 6.96. The third-order valence-corrected chi connectivity index (χ3v) is 5.33. The van der Waals surface area contributed by atoms with Crippen molar-refractivity contribution in [1.29, 1.82) is 0 Å². The number of carbonyl (C=O) groups is 3. The molecule has 3 amide bonds. The predicted octanol–water partition coefficient (Wildman–Crippen LogP) is 2.08. The lowest BCUT2D eigenvalue weighted by Crippen LogP contribution is -2.60. The molecular formula is C15H15IN2O3. The fourth-order valence-electron chi connectivity index (χ4n) is 3.35. The number of fused-ring (bicyclic) bond motifs is 1. The largest absolute Gasteiger partial charge is 0.368 e. The molecule has 1 aliphatic carbocycles. The van der Waals surface area contributed by atoms with Gasteiger partial charge in [0.05, 0.1) is 11.1 Å². The Bertz CT molecular complexity index is 650. The van der Waals surface area contributed by atoms with Gasteiger partial charge in [0.1, 0.15) is 5.54 Å². The van der Waals surface area contributed by atoms with Crippen LogP contribution in [0.2, 0.25) is 0 Å². The van der Waals surface area contributed by atoms with Crippen LogP contribution in [0.3, 0.4) is 0 Å². The van der Waals surface area contributed by atoms with E-state index in [-0.39, 0.29) is 5.91 Å². The number of hydrogen-bond acceptors (Lipinski definition) is 3. The lowest BCUT2D eigenvalue weighted by molar-refractivity contribution is -0.129. The number of nitrogens with zero attached hydrogens (tertiary/aromatic N) is 1. The highest BCUT2D eigenvalue weighted by Crippen LogP contribution is 2.39. The van der Waals surface area contributed by atoms with Crippen molar-refractivity contribution in [2.75, 3.05) is 0 Å². The number of amides is 3. The molecule has 0 atom stereocenters. The van der Waals surface area contributed by atoms with Gasteiger partial charge in [-0.05, 0) is 47.6 Å². The molecule has 2 N–H and O–H groups in total. The van der Waals surface area contributed by atoms with Crippen molar-refractivity contribution in [2.45, 2.75) is 37.6 Å². The van der Waals surface area contributed by atoms with Crippen molar-refractivity contribution in [3.05, 3.63) is 32.9 Å². The van der Waals surface area contributed by atoms with Crippen molar-refractivity contribution < 1.29 is 14.4 Å². The molecule has 1 saturated carbocycles. The molecule has 0 unspecified atom stereocenters. The molecule has 2 aliphatic rings. The molecular weight excluding hydrogens is 383 g/mol. The fraction of sp³-hybridized carbons (Fsp3) is 0.400. The second-order valence-corrected chi connectivity index (χ2v) is 6.73. The normalized spacial score (nSPS) is 20.5. The third kappa shape index (κ3) is 1.99. The molecule has 6 heteroatoms. The van der Waals surface area contributed by atoms with E-state index in [4.69, 9.17) is 5.73 Å². The summed E-state index contributed by atoms with van der Waals surface area (Å²) in [5.74, 6) is -1.36. The van der Waals surface area contributed by atoms with Crippen molar-refractivity contribution in [3.8, 4) is 0 Å². The maximum atomic E-state index is 12.7. The Hall–Kier alpha value is -1.44. The molecule has 3 rings (SSSR count). The van der Waals surface area contributed by atoms with Crippen molar-refractivity contribution in [2.24, 2.45) is 5.73 Å². The summed E-state index contributed by atoms with van der Waals surface area (Å²) in [5, 5.41) is 0. The first-order valence-corrected chi connectivity index (χ1v) is 8.04. The Morgan fingerprint density at radius 3 is 2.38 bits per heavy atom. The molecule has 0 saturated heterocycles. The van der Waals surface area contributed by atoms with Gasteiger partial charge >= 0.3 is 0 Å². The highest BCUT2D eigenvalue weighted by Gasteiger charge is 2.53. The van der Waals surface area contributed by atoms with Gasteiger partial charge in [0.25, 0.3) is 11.8 Å². The summed E-state index contributed by atoms with van der Waals surface area (Å²) in [6, 6.07) is 5.16. The van der Waals surface area contributed by atoms with Crippen LogP contribution in [-0.2, 0) is 4.79 Å². The second-order valence-electron chi connectivity index (χ2n) is 5.56. The van der Waals surface area contributed by atoms with E-state index in [1.54, 1.807) is 18.2 Å². The number of rotatable bonds is 2. The van der Waals surface area contributed by atoms with E-state index in [2.05, 4.69) is 0 Å². The summed E-state index contributed by atoms with van der Waals surface area (Å²) in [6.07, 6.45) is 3.52. The molecule has 0 radical (unpaired) electrons. The van der Waals surface area contributed by atoms with E-state index in [0.29, 0.717) is 24.0 Å². The summed E-state index contributed by atoms with van der Waals surface area (Å²) < 4.78 is 0.723.